The summed E-state index contributed by atoms with van der Waals surface area (Å²) < 4.78 is 5.12. The van der Waals surface area contributed by atoms with E-state index in [1.165, 1.54) is 11.3 Å². The smallest absolute Gasteiger partial charge is 0.221 e. The quantitative estimate of drug-likeness (QED) is 0.745. The minimum absolute atomic E-state index is 0.200. The maximum absolute atomic E-state index is 5.97. The van der Waals surface area contributed by atoms with E-state index in [-0.39, 0.29) is 5.95 Å². The summed E-state index contributed by atoms with van der Waals surface area (Å²) in [5, 5.41) is 0. The molecule has 0 unspecified atom stereocenters. The van der Waals surface area contributed by atoms with E-state index in [2.05, 4.69) is 38.1 Å². The van der Waals surface area contributed by atoms with Crippen LogP contribution in [0.3, 0.4) is 0 Å². The van der Waals surface area contributed by atoms with Crippen molar-refractivity contribution in [1.29, 1.82) is 0 Å². The highest BCUT2D eigenvalue weighted by molar-refractivity contribution is 5.70. The highest BCUT2D eigenvalue weighted by atomic mass is 16.5. The SMILES string of the molecule is COc1ccc(-c2ccc3c(c2)CCN3Cc2cnc(N)nc2N)cn1. The fourth-order valence-electron chi connectivity index (χ4n) is 3.25. The van der Waals surface area contributed by atoms with Crippen molar-refractivity contribution >= 4 is 17.5 Å². The number of anilines is 3. The van der Waals surface area contributed by atoms with Gasteiger partial charge in [0.05, 0.1) is 7.11 Å². The molecular weight excluding hydrogens is 328 g/mol. The lowest BCUT2D eigenvalue weighted by Crippen LogP contribution is -2.21. The zero-order chi connectivity index (χ0) is 18.1. The summed E-state index contributed by atoms with van der Waals surface area (Å²) in [6.07, 6.45) is 4.52. The van der Waals surface area contributed by atoms with Gasteiger partial charge in [-0.1, -0.05) is 6.07 Å². The number of hydrogen-bond donors (Lipinski definition) is 2. The summed E-state index contributed by atoms with van der Waals surface area (Å²) >= 11 is 0. The second kappa shape index (κ2) is 6.51. The molecule has 3 heterocycles. The van der Waals surface area contributed by atoms with Crippen LogP contribution in [0, 0.1) is 0 Å². The number of ether oxygens (including phenoxy) is 1. The molecule has 0 saturated carbocycles. The van der Waals surface area contributed by atoms with E-state index in [0.717, 1.165) is 29.7 Å². The Labute approximate surface area is 151 Å². The van der Waals surface area contributed by atoms with Crippen molar-refractivity contribution in [2.75, 3.05) is 30.0 Å². The average Bonchev–Trinajstić information content (AvgIpc) is 3.06. The molecule has 7 heteroatoms. The molecule has 26 heavy (non-hydrogen) atoms. The molecule has 0 atom stereocenters. The Kier molecular flexibility index (Phi) is 4.04. The van der Waals surface area contributed by atoms with Gasteiger partial charge in [-0.3, -0.25) is 0 Å². The summed E-state index contributed by atoms with van der Waals surface area (Å²) in [6, 6.07) is 10.4. The summed E-state index contributed by atoms with van der Waals surface area (Å²) in [5.74, 6) is 1.25. The predicted molar refractivity (Wildman–Crippen MR) is 102 cm³/mol. The third-order valence-electron chi connectivity index (χ3n) is 4.63. The van der Waals surface area contributed by atoms with Gasteiger partial charge in [0, 0.05) is 48.4 Å². The Balaban J connectivity index is 1.57. The van der Waals surface area contributed by atoms with Gasteiger partial charge in [0.1, 0.15) is 5.82 Å². The predicted octanol–water partition coefficient (Wildman–Crippen LogP) is 2.27. The fraction of sp³-hybridized carbons (Fsp3) is 0.211. The number of nitrogen functional groups attached to an aromatic ring is 2. The topological polar surface area (TPSA) is 103 Å². The van der Waals surface area contributed by atoms with Gasteiger partial charge in [-0.2, -0.15) is 4.98 Å². The molecule has 4 N–H and O–H groups in total. The fourth-order valence-corrected chi connectivity index (χ4v) is 3.25. The highest BCUT2D eigenvalue weighted by Gasteiger charge is 2.21. The Morgan fingerprint density at radius 2 is 1.92 bits per heavy atom. The molecule has 0 bridgehead atoms. The van der Waals surface area contributed by atoms with Crippen LogP contribution in [0.1, 0.15) is 11.1 Å². The van der Waals surface area contributed by atoms with Gasteiger partial charge in [0.15, 0.2) is 0 Å². The maximum atomic E-state index is 5.97. The van der Waals surface area contributed by atoms with Gasteiger partial charge in [0.2, 0.25) is 11.8 Å². The second-order valence-corrected chi connectivity index (χ2v) is 6.24. The molecular formula is C19H20N6O. The van der Waals surface area contributed by atoms with Gasteiger partial charge in [0.25, 0.3) is 0 Å². The third-order valence-corrected chi connectivity index (χ3v) is 4.63. The summed E-state index contributed by atoms with van der Waals surface area (Å²) in [7, 11) is 1.62. The number of benzene rings is 1. The van der Waals surface area contributed by atoms with Crippen LogP contribution in [-0.2, 0) is 13.0 Å². The molecule has 4 rings (SSSR count). The monoisotopic (exact) mass is 348 g/mol. The first-order valence-corrected chi connectivity index (χ1v) is 8.39. The van der Waals surface area contributed by atoms with E-state index in [1.807, 2.05) is 18.3 Å². The number of nitrogens with two attached hydrogens (primary N) is 2. The number of hydrogen-bond acceptors (Lipinski definition) is 7. The van der Waals surface area contributed by atoms with Gasteiger partial charge in [-0.05, 0) is 35.7 Å². The number of rotatable bonds is 4. The number of methoxy groups -OCH3 is 1. The molecule has 0 spiro atoms. The first-order chi connectivity index (χ1) is 12.6. The molecule has 1 aliphatic rings. The van der Waals surface area contributed by atoms with Crippen LogP contribution < -0.4 is 21.1 Å². The Morgan fingerprint density at radius 1 is 1.08 bits per heavy atom. The molecule has 132 valence electrons. The lowest BCUT2D eigenvalue weighted by atomic mass is 10.0. The molecule has 0 radical (unpaired) electrons. The molecule has 1 aliphatic heterocycles. The van der Waals surface area contributed by atoms with Gasteiger partial charge < -0.3 is 21.1 Å². The number of aromatic nitrogens is 3. The van der Waals surface area contributed by atoms with Crippen molar-refractivity contribution in [2.24, 2.45) is 0 Å². The molecule has 0 aliphatic carbocycles. The van der Waals surface area contributed by atoms with E-state index in [1.54, 1.807) is 13.3 Å². The lowest BCUT2D eigenvalue weighted by Gasteiger charge is -2.20. The Morgan fingerprint density at radius 3 is 2.65 bits per heavy atom. The van der Waals surface area contributed by atoms with Gasteiger partial charge >= 0.3 is 0 Å². The zero-order valence-electron chi connectivity index (χ0n) is 14.5. The molecule has 0 fully saturated rings. The van der Waals surface area contributed by atoms with E-state index >= 15 is 0 Å². The number of fused-ring (bicyclic) bond motifs is 1. The first kappa shape index (κ1) is 16.1. The molecule has 7 nitrogen and oxygen atoms in total. The number of nitrogens with zero attached hydrogens (tertiary/aromatic N) is 4. The van der Waals surface area contributed by atoms with Crippen molar-refractivity contribution in [1.82, 2.24) is 15.0 Å². The van der Waals surface area contributed by atoms with Crippen molar-refractivity contribution in [2.45, 2.75) is 13.0 Å². The van der Waals surface area contributed by atoms with Crippen LogP contribution in [0.2, 0.25) is 0 Å². The van der Waals surface area contributed by atoms with Gasteiger partial charge in [-0.25, -0.2) is 9.97 Å². The van der Waals surface area contributed by atoms with Crippen LogP contribution in [-0.4, -0.2) is 28.6 Å². The minimum Gasteiger partial charge on any atom is -0.481 e. The molecule has 2 aromatic heterocycles. The standard InChI is InChI=1S/C19H20N6O/c1-26-17-5-3-14(9-22-17)12-2-4-16-13(8-12)6-7-25(16)11-15-10-23-19(21)24-18(15)20/h2-5,8-10H,6-7,11H2,1H3,(H4,20,21,23,24). The van der Waals surface area contributed by atoms with Crippen molar-refractivity contribution in [3.63, 3.8) is 0 Å². The van der Waals surface area contributed by atoms with E-state index in [0.29, 0.717) is 18.2 Å². The van der Waals surface area contributed by atoms with Gasteiger partial charge in [-0.15, -0.1) is 0 Å². The third kappa shape index (κ3) is 2.99. The minimum atomic E-state index is 0.200. The van der Waals surface area contributed by atoms with Crippen molar-refractivity contribution in [3.8, 4) is 17.0 Å². The van der Waals surface area contributed by atoms with Crippen LogP contribution in [0.5, 0.6) is 5.88 Å². The zero-order valence-corrected chi connectivity index (χ0v) is 14.5. The number of pyridine rings is 1. The van der Waals surface area contributed by atoms with E-state index < -0.39 is 0 Å². The van der Waals surface area contributed by atoms with Crippen molar-refractivity contribution < 1.29 is 4.74 Å². The summed E-state index contributed by atoms with van der Waals surface area (Å²) in [5.41, 5.74) is 17.2. The first-order valence-electron chi connectivity index (χ1n) is 8.39. The summed E-state index contributed by atoms with van der Waals surface area (Å²) in [6.45, 7) is 1.60. The second-order valence-electron chi connectivity index (χ2n) is 6.24. The Bertz CT molecular complexity index is 941. The van der Waals surface area contributed by atoms with Crippen LogP contribution in [0.4, 0.5) is 17.5 Å². The van der Waals surface area contributed by atoms with E-state index in [9.17, 15) is 0 Å². The Hall–Kier alpha value is -3.35. The summed E-state index contributed by atoms with van der Waals surface area (Å²) in [4.78, 5) is 14.7. The van der Waals surface area contributed by atoms with Crippen LogP contribution >= 0.6 is 0 Å². The largest absolute Gasteiger partial charge is 0.481 e. The van der Waals surface area contributed by atoms with Crippen LogP contribution in [0.25, 0.3) is 11.1 Å². The molecule has 0 saturated heterocycles. The van der Waals surface area contributed by atoms with E-state index in [4.69, 9.17) is 16.2 Å². The van der Waals surface area contributed by atoms with Crippen LogP contribution in [0.15, 0.2) is 42.7 Å². The highest BCUT2D eigenvalue weighted by Crippen LogP contribution is 2.33. The molecule has 3 aromatic rings. The van der Waals surface area contributed by atoms with Crippen molar-refractivity contribution in [3.05, 3.63) is 53.9 Å². The lowest BCUT2D eigenvalue weighted by molar-refractivity contribution is 0.398. The normalized spacial score (nSPS) is 12.9. The molecule has 0 amide bonds. The molecule has 1 aromatic carbocycles. The maximum Gasteiger partial charge on any atom is 0.221 e. The average molecular weight is 348 g/mol.